The summed E-state index contributed by atoms with van der Waals surface area (Å²) in [7, 11) is 0. The zero-order chi connectivity index (χ0) is 12.4. The average molecular weight is 250 g/mol. The standard InChI is InChI=1S/C13H15FN2S/c1-8-3-4-10(6-11(8)14)12-7-17-13(16-12)5-9(2)15/h3-4,6-7,9H,5,15H2,1-2H3. The topological polar surface area (TPSA) is 38.9 Å². The lowest BCUT2D eigenvalue weighted by molar-refractivity contribution is 0.619. The van der Waals surface area contributed by atoms with Gasteiger partial charge in [-0.3, -0.25) is 0 Å². The van der Waals surface area contributed by atoms with E-state index in [0.717, 1.165) is 22.7 Å². The van der Waals surface area contributed by atoms with E-state index in [0.29, 0.717) is 5.56 Å². The fourth-order valence-electron chi connectivity index (χ4n) is 1.56. The smallest absolute Gasteiger partial charge is 0.126 e. The van der Waals surface area contributed by atoms with E-state index in [1.54, 1.807) is 24.3 Å². The highest BCUT2D eigenvalue weighted by Crippen LogP contribution is 2.24. The Morgan fingerprint density at radius 3 is 2.88 bits per heavy atom. The van der Waals surface area contributed by atoms with Crippen LogP contribution in [-0.2, 0) is 6.42 Å². The van der Waals surface area contributed by atoms with Gasteiger partial charge in [0.1, 0.15) is 5.82 Å². The number of nitrogens with two attached hydrogens (primary N) is 1. The summed E-state index contributed by atoms with van der Waals surface area (Å²) in [5.74, 6) is -0.191. The van der Waals surface area contributed by atoms with Crippen molar-refractivity contribution in [2.45, 2.75) is 26.3 Å². The largest absolute Gasteiger partial charge is 0.328 e. The number of hydrogen-bond acceptors (Lipinski definition) is 3. The number of benzene rings is 1. The molecule has 2 aromatic rings. The third-order valence-electron chi connectivity index (χ3n) is 2.52. The van der Waals surface area contributed by atoms with Gasteiger partial charge in [-0.25, -0.2) is 9.37 Å². The maximum absolute atomic E-state index is 13.4. The Labute approximate surface area is 104 Å². The zero-order valence-electron chi connectivity index (χ0n) is 9.90. The van der Waals surface area contributed by atoms with Crippen molar-refractivity contribution in [1.82, 2.24) is 4.98 Å². The summed E-state index contributed by atoms with van der Waals surface area (Å²) in [6, 6.07) is 5.29. The van der Waals surface area contributed by atoms with E-state index in [4.69, 9.17) is 5.73 Å². The Hall–Kier alpha value is -1.26. The third kappa shape index (κ3) is 2.90. The van der Waals surface area contributed by atoms with E-state index in [1.165, 1.54) is 6.07 Å². The molecule has 0 fully saturated rings. The highest BCUT2D eigenvalue weighted by atomic mass is 32.1. The molecule has 0 saturated carbocycles. The summed E-state index contributed by atoms with van der Waals surface area (Å²) in [5, 5.41) is 2.94. The molecule has 1 atom stereocenters. The Balaban J connectivity index is 2.27. The Morgan fingerprint density at radius 2 is 2.24 bits per heavy atom. The van der Waals surface area contributed by atoms with Crippen LogP contribution in [0.5, 0.6) is 0 Å². The van der Waals surface area contributed by atoms with Crippen molar-refractivity contribution < 1.29 is 4.39 Å². The molecule has 2 nitrogen and oxygen atoms in total. The first-order valence-electron chi connectivity index (χ1n) is 5.53. The van der Waals surface area contributed by atoms with Gasteiger partial charge in [0.05, 0.1) is 10.7 Å². The Morgan fingerprint density at radius 1 is 1.47 bits per heavy atom. The van der Waals surface area contributed by atoms with E-state index in [-0.39, 0.29) is 11.9 Å². The first kappa shape index (κ1) is 12.2. The lowest BCUT2D eigenvalue weighted by Crippen LogP contribution is -2.17. The minimum absolute atomic E-state index is 0.101. The lowest BCUT2D eigenvalue weighted by Gasteiger charge is -2.01. The van der Waals surface area contributed by atoms with Gasteiger partial charge in [0.25, 0.3) is 0 Å². The van der Waals surface area contributed by atoms with Crippen LogP contribution in [0.15, 0.2) is 23.6 Å². The maximum atomic E-state index is 13.4. The fraction of sp³-hybridized carbons (Fsp3) is 0.308. The summed E-state index contributed by atoms with van der Waals surface area (Å²) < 4.78 is 13.4. The molecule has 1 aromatic heterocycles. The van der Waals surface area contributed by atoms with Crippen LogP contribution < -0.4 is 5.73 Å². The maximum Gasteiger partial charge on any atom is 0.126 e. The summed E-state index contributed by atoms with van der Waals surface area (Å²) in [5.41, 5.74) is 8.02. The second-order valence-corrected chi connectivity index (χ2v) is 5.21. The van der Waals surface area contributed by atoms with Crippen molar-refractivity contribution >= 4 is 11.3 Å². The Bertz CT molecular complexity index is 520. The van der Waals surface area contributed by atoms with E-state index in [1.807, 2.05) is 18.4 Å². The molecule has 0 spiro atoms. The molecule has 90 valence electrons. The molecule has 0 aliphatic rings. The van der Waals surface area contributed by atoms with Crippen molar-refractivity contribution in [3.05, 3.63) is 40.0 Å². The SMILES string of the molecule is Cc1ccc(-c2csc(CC(C)N)n2)cc1F. The predicted octanol–water partition coefficient (Wildman–Crippen LogP) is 3.15. The normalized spacial score (nSPS) is 12.7. The molecule has 0 amide bonds. The van der Waals surface area contributed by atoms with Gasteiger partial charge in [-0.15, -0.1) is 11.3 Å². The average Bonchev–Trinajstić information content (AvgIpc) is 2.69. The quantitative estimate of drug-likeness (QED) is 0.909. The van der Waals surface area contributed by atoms with Crippen LogP contribution in [0, 0.1) is 12.7 Å². The van der Waals surface area contributed by atoms with Crippen molar-refractivity contribution in [2.24, 2.45) is 5.73 Å². The second kappa shape index (κ2) is 4.94. The number of halogens is 1. The number of thiazole rings is 1. The van der Waals surface area contributed by atoms with Crippen LogP contribution in [-0.4, -0.2) is 11.0 Å². The van der Waals surface area contributed by atoms with Crippen LogP contribution in [0.4, 0.5) is 4.39 Å². The molecule has 0 radical (unpaired) electrons. The van der Waals surface area contributed by atoms with Crippen molar-refractivity contribution in [3.63, 3.8) is 0 Å². The minimum Gasteiger partial charge on any atom is -0.328 e. The van der Waals surface area contributed by atoms with Crippen molar-refractivity contribution in [3.8, 4) is 11.3 Å². The molecule has 0 aliphatic heterocycles. The number of aryl methyl sites for hydroxylation is 1. The molecule has 1 heterocycles. The number of rotatable bonds is 3. The summed E-state index contributed by atoms with van der Waals surface area (Å²) in [4.78, 5) is 4.46. The summed E-state index contributed by atoms with van der Waals surface area (Å²) in [6.07, 6.45) is 0.763. The van der Waals surface area contributed by atoms with Crippen LogP contribution in [0.2, 0.25) is 0 Å². The van der Waals surface area contributed by atoms with Gasteiger partial charge < -0.3 is 5.73 Å². The zero-order valence-corrected chi connectivity index (χ0v) is 10.7. The van der Waals surface area contributed by atoms with Gasteiger partial charge in [-0.1, -0.05) is 12.1 Å². The summed E-state index contributed by atoms with van der Waals surface area (Å²) >= 11 is 1.57. The molecule has 2 rings (SSSR count). The molecule has 17 heavy (non-hydrogen) atoms. The molecule has 1 unspecified atom stereocenters. The highest BCUT2D eigenvalue weighted by molar-refractivity contribution is 7.09. The minimum atomic E-state index is -0.191. The number of aromatic nitrogens is 1. The van der Waals surface area contributed by atoms with E-state index in [9.17, 15) is 4.39 Å². The van der Waals surface area contributed by atoms with Gasteiger partial charge in [0.15, 0.2) is 0 Å². The molecule has 0 saturated heterocycles. The third-order valence-corrected chi connectivity index (χ3v) is 3.39. The predicted molar refractivity (Wildman–Crippen MR) is 69.6 cm³/mol. The lowest BCUT2D eigenvalue weighted by atomic mass is 10.1. The van der Waals surface area contributed by atoms with Crippen LogP contribution in [0.3, 0.4) is 0 Å². The molecule has 1 aromatic carbocycles. The molecular weight excluding hydrogens is 235 g/mol. The molecule has 0 bridgehead atoms. The van der Waals surface area contributed by atoms with E-state index >= 15 is 0 Å². The van der Waals surface area contributed by atoms with Gasteiger partial charge in [0.2, 0.25) is 0 Å². The van der Waals surface area contributed by atoms with Gasteiger partial charge >= 0.3 is 0 Å². The van der Waals surface area contributed by atoms with Crippen molar-refractivity contribution in [2.75, 3.05) is 0 Å². The van der Waals surface area contributed by atoms with Crippen molar-refractivity contribution in [1.29, 1.82) is 0 Å². The molecular formula is C13H15FN2S. The molecule has 0 aliphatic carbocycles. The first-order chi connectivity index (χ1) is 8.06. The van der Waals surface area contributed by atoms with Gasteiger partial charge in [-0.2, -0.15) is 0 Å². The van der Waals surface area contributed by atoms with E-state index < -0.39 is 0 Å². The summed E-state index contributed by atoms with van der Waals surface area (Å²) in [6.45, 7) is 3.70. The van der Waals surface area contributed by atoms with E-state index in [2.05, 4.69) is 4.98 Å². The monoisotopic (exact) mass is 250 g/mol. The molecule has 2 N–H and O–H groups in total. The number of hydrogen-bond donors (Lipinski definition) is 1. The van der Waals surface area contributed by atoms with Gasteiger partial charge in [-0.05, 0) is 25.5 Å². The molecule has 4 heteroatoms. The van der Waals surface area contributed by atoms with Crippen LogP contribution >= 0.6 is 11.3 Å². The van der Waals surface area contributed by atoms with Crippen LogP contribution in [0.25, 0.3) is 11.3 Å². The number of nitrogens with zero attached hydrogens (tertiary/aromatic N) is 1. The first-order valence-corrected chi connectivity index (χ1v) is 6.40. The highest BCUT2D eigenvalue weighted by Gasteiger charge is 2.08. The van der Waals surface area contributed by atoms with Gasteiger partial charge in [0, 0.05) is 23.4 Å². The Kier molecular flexibility index (Phi) is 3.54. The second-order valence-electron chi connectivity index (χ2n) is 4.27. The van der Waals surface area contributed by atoms with Crippen LogP contribution in [0.1, 0.15) is 17.5 Å². The fourth-order valence-corrected chi connectivity index (χ4v) is 2.51.